The minimum atomic E-state index is 0.214. The van der Waals surface area contributed by atoms with Gasteiger partial charge in [-0.3, -0.25) is 4.79 Å². The first kappa shape index (κ1) is 12.7. The summed E-state index contributed by atoms with van der Waals surface area (Å²) in [7, 11) is 0. The van der Waals surface area contributed by atoms with Crippen LogP contribution in [0.4, 0.5) is 0 Å². The van der Waals surface area contributed by atoms with E-state index in [9.17, 15) is 4.79 Å². The lowest BCUT2D eigenvalue weighted by atomic mass is 9.93. The van der Waals surface area contributed by atoms with Gasteiger partial charge in [-0.15, -0.1) is 0 Å². The van der Waals surface area contributed by atoms with Crippen molar-refractivity contribution in [1.29, 1.82) is 0 Å². The Kier molecular flexibility index (Phi) is 3.61. The molecule has 2 unspecified atom stereocenters. The summed E-state index contributed by atoms with van der Waals surface area (Å²) in [5.41, 5.74) is 1.21. The van der Waals surface area contributed by atoms with Crippen LogP contribution in [0.15, 0.2) is 36.4 Å². The summed E-state index contributed by atoms with van der Waals surface area (Å²) in [6.07, 6.45) is 9.25. The van der Waals surface area contributed by atoms with Crippen molar-refractivity contribution < 1.29 is 4.79 Å². The van der Waals surface area contributed by atoms with E-state index in [0.717, 1.165) is 30.7 Å². The Hall–Kier alpha value is -1.28. The van der Waals surface area contributed by atoms with Gasteiger partial charge in [0.1, 0.15) is 0 Å². The fourth-order valence-electron chi connectivity index (χ4n) is 3.17. The van der Waals surface area contributed by atoms with Crippen LogP contribution in [0.1, 0.15) is 43.7 Å². The van der Waals surface area contributed by atoms with Crippen LogP contribution >= 0.6 is 11.6 Å². The van der Waals surface area contributed by atoms with E-state index in [0.29, 0.717) is 12.3 Å². The molecule has 1 heterocycles. The zero-order chi connectivity index (χ0) is 13.2. The molecule has 1 saturated heterocycles. The van der Waals surface area contributed by atoms with Crippen LogP contribution in [-0.4, -0.2) is 16.8 Å². The third-order valence-corrected chi connectivity index (χ3v) is 4.34. The number of piperidine rings is 1. The highest BCUT2D eigenvalue weighted by atomic mass is 35.5. The molecule has 1 aliphatic carbocycles. The van der Waals surface area contributed by atoms with Crippen molar-refractivity contribution >= 4 is 17.5 Å². The predicted octanol–water partition coefficient (Wildman–Crippen LogP) is 4.11. The molecule has 0 bridgehead atoms. The normalized spacial score (nSPS) is 27.0. The van der Waals surface area contributed by atoms with Crippen molar-refractivity contribution in [3.8, 4) is 0 Å². The van der Waals surface area contributed by atoms with Crippen molar-refractivity contribution in [2.45, 2.75) is 44.2 Å². The van der Waals surface area contributed by atoms with Crippen LogP contribution in [0.5, 0.6) is 0 Å². The molecule has 1 amide bonds. The summed E-state index contributed by atoms with van der Waals surface area (Å²) in [6, 6.07) is 8.44. The summed E-state index contributed by atoms with van der Waals surface area (Å²) in [5, 5.41) is 0.748. The van der Waals surface area contributed by atoms with Gasteiger partial charge in [0, 0.05) is 11.4 Å². The Labute approximate surface area is 119 Å². The van der Waals surface area contributed by atoms with Crippen molar-refractivity contribution in [3.05, 3.63) is 47.0 Å². The second-order valence-electron chi connectivity index (χ2n) is 5.33. The van der Waals surface area contributed by atoms with Crippen LogP contribution < -0.4 is 0 Å². The van der Waals surface area contributed by atoms with Gasteiger partial charge in [0.25, 0.3) is 0 Å². The fraction of sp³-hybridized carbons (Fsp3) is 0.438. The monoisotopic (exact) mass is 275 g/mol. The Morgan fingerprint density at radius 3 is 2.63 bits per heavy atom. The number of benzene rings is 1. The molecule has 3 heteroatoms. The van der Waals surface area contributed by atoms with Gasteiger partial charge in [-0.05, 0) is 43.4 Å². The largest absolute Gasteiger partial charge is 0.329 e. The number of rotatable bonds is 2. The maximum atomic E-state index is 12.3. The maximum absolute atomic E-state index is 12.3. The SMILES string of the molecule is O=C1CCCC(c2ccc(Cl)cc2)N1C1C=CCC1. The summed E-state index contributed by atoms with van der Waals surface area (Å²) in [4.78, 5) is 14.4. The van der Waals surface area contributed by atoms with Gasteiger partial charge in [-0.2, -0.15) is 0 Å². The van der Waals surface area contributed by atoms with Crippen molar-refractivity contribution in [3.63, 3.8) is 0 Å². The molecule has 0 spiro atoms. The third-order valence-electron chi connectivity index (χ3n) is 4.09. The minimum absolute atomic E-state index is 0.214. The molecule has 2 atom stereocenters. The first-order valence-electron chi connectivity index (χ1n) is 6.99. The van der Waals surface area contributed by atoms with E-state index >= 15 is 0 Å². The summed E-state index contributed by atoms with van der Waals surface area (Å²) >= 11 is 5.95. The average molecular weight is 276 g/mol. The summed E-state index contributed by atoms with van der Waals surface area (Å²) in [5.74, 6) is 0.294. The van der Waals surface area contributed by atoms with Crippen molar-refractivity contribution in [2.75, 3.05) is 0 Å². The molecule has 19 heavy (non-hydrogen) atoms. The maximum Gasteiger partial charge on any atom is 0.223 e. The first-order chi connectivity index (χ1) is 9.25. The van der Waals surface area contributed by atoms with Crippen molar-refractivity contribution in [1.82, 2.24) is 4.90 Å². The highest BCUT2D eigenvalue weighted by Gasteiger charge is 2.34. The summed E-state index contributed by atoms with van der Waals surface area (Å²) < 4.78 is 0. The number of carbonyl (C=O) groups excluding carboxylic acids is 1. The van der Waals surface area contributed by atoms with E-state index in [4.69, 9.17) is 11.6 Å². The van der Waals surface area contributed by atoms with E-state index < -0.39 is 0 Å². The lowest BCUT2D eigenvalue weighted by molar-refractivity contribution is -0.138. The van der Waals surface area contributed by atoms with Gasteiger partial charge in [-0.25, -0.2) is 0 Å². The summed E-state index contributed by atoms with van der Waals surface area (Å²) in [6.45, 7) is 0. The van der Waals surface area contributed by atoms with Gasteiger partial charge in [0.05, 0.1) is 12.1 Å². The number of hydrogen-bond acceptors (Lipinski definition) is 1. The third kappa shape index (κ3) is 2.55. The zero-order valence-electron chi connectivity index (χ0n) is 10.9. The van der Waals surface area contributed by atoms with E-state index in [2.05, 4.69) is 29.2 Å². The van der Waals surface area contributed by atoms with Gasteiger partial charge in [0.2, 0.25) is 5.91 Å². The Bertz CT molecular complexity index is 494. The molecule has 100 valence electrons. The lowest BCUT2D eigenvalue weighted by Gasteiger charge is -2.39. The zero-order valence-corrected chi connectivity index (χ0v) is 11.6. The molecule has 0 N–H and O–H groups in total. The van der Waals surface area contributed by atoms with Crippen LogP contribution in [-0.2, 0) is 4.79 Å². The standard InChI is InChI=1S/C16H18ClNO/c17-13-10-8-12(9-11-13)15-6-3-7-16(19)18(15)14-4-1-2-5-14/h1,4,8-11,14-15H,2-3,5-7H2. The second-order valence-corrected chi connectivity index (χ2v) is 5.77. The quantitative estimate of drug-likeness (QED) is 0.744. The number of halogens is 1. The molecule has 0 radical (unpaired) electrons. The van der Waals surface area contributed by atoms with Crippen LogP contribution in [0.3, 0.4) is 0 Å². The van der Waals surface area contributed by atoms with Crippen LogP contribution in [0, 0.1) is 0 Å². The van der Waals surface area contributed by atoms with Crippen molar-refractivity contribution in [2.24, 2.45) is 0 Å². The average Bonchev–Trinajstić information content (AvgIpc) is 2.93. The highest BCUT2D eigenvalue weighted by molar-refractivity contribution is 6.30. The highest BCUT2D eigenvalue weighted by Crippen LogP contribution is 2.36. The smallest absolute Gasteiger partial charge is 0.223 e. The van der Waals surface area contributed by atoms with Crippen LogP contribution in [0.25, 0.3) is 0 Å². The minimum Gasteiger partial charge on any atom is -0.329 e. The molecular weight excluding hydrogens is 258 g/mol. The number of hydrogen-bond donors (Lipinski definition) is 0. The fourth-order valence-corrected chi connectivity index (χ4v) is 3.29. The number of likely N-dealkylation sites (tertiary alicyclic amines) is 1. The van der Waals surface area contributed by atoms with Crippen LogP contribution in [0.2, 0.25) is 5.02 Å². The Balaban J connectivity index is 1.90. The Morgan fingerprint density at radius 2 is 1.95 bits per heavy atom. The molecule has 1 aromatic carbocycles. The molecule has 0 aromatic heterocycles. The molecule has 2 aliphatic rings. The van der Waals surface area contributed by atoms with Gasteiger partial charge >= 0.3 is 0 Å². The topological polar surface area (TPSA) is 20.3 Å². The predicted molar refractivity (Wildman–Crippen MR) is 77.1 cm³/mol. The molecule has 0 saturated carbocycles. The first-order valence-corrected chi connectivity index (χ1v) is 7.37. The lowest BCUT2D eigenvalue weighted by Crippen LogP contribution is -2.43. The van der Waals surface area contributed by atoms with E-state index in [-0.39, 0.29) is 12.1 Å². The van der Waals surface area contributed by atoms with E-state index in [1.807, 2.05) is 12.1 Å². The van der Waals surface area contributed by atoms with E-state index in [1.165, 1.54) is 5.56 Å². The van der Waals surface area contributed by atoms with E-state index in [1.54, 1.807) is 0 Å². The number of allylic oxidation sites excluding steroid dienone is 1. The Morgan fingerprint density at radius 1 is 1.16 bits per heavy atom. The van der Waals surface area contributed by atoms with Gasteiger partial charge in [0.15, 0.2) is 0 Å². The second kappa shape index (κ2) is 5.38. The van der Waals surface area contributed by atoms with Gasteiger partial charge in [-0.1, -0.05) is 35.9 Å². The molecule has 1 fully saturated rings. The molecular formula is C16H18ClNO. The molecule has 3 rings (SSSR count). The molecule has 1 aliphatic heterocycles. The molecule has 2 nitrogen and oxygen atoms in total. The number of nitrogens with zero attached hydrogens (tertiary/aromatic N) is 1. The van der Waals surface area contributed by atoms with Gasteiger partial charge < -0.3 is 4.90 Å². The number of amides is 1. The number of carbonyl (C=O) groups is 1. The molecule has 1 aromatic rings.